The molecule has 3 rings (SSSR count). The van der Waals surface area contributed by atoms with Crippen molar-refractivity contribution in [1.29, 1.82) is 0 Å². The highest BCUT2D eigenvalue weighted by molar-refractivity contribution is 9.10. The number of H-pyrrole nitrogens is 1. The average Bonchev–Trinajstić information content (AvgIpc) is 3.06. The number of aromatic amines is 1. The van der Waals surface area contributed by atoms with Gasteiger partial charge >= 0.3 is 0 Å². The van der Waals surface area contributed by atoms with Gasteiger partial charge in [0.05, 0.1) is 11.3 Å². The van der Waals surface area contributed by atoms with Gasteiger partial charge in [0, 0.05) is 22.8 Å². The highest BCUT2D eigenvalue weighted by Gasteiger charge is 2.18. The van der Waals surface area contributed by atoms with Crippen LogP contribution in [0.3, 0.4) is 0 Å². The molecule has 1 atom stereocenters. The van der Waals surface area contributed by atoms with Gasteiger partial charge in [0.2, 0.25) is 5.91 Å². The minimum atomic E-state index is -0.101. The minimum Gasteiger partial charge on any atom is -0.353 e. The Morgan fingerprint density at radius 1 is 1.39 bits per heavy atom. The van der Waals surface area contributed by atoms with Crippen molar-refractivity contribution in [2.45, 2.75) is 44.9 Å². The Hall–Kier alpha value is -2.06. The number of rotatable bonds is 7. The van der Waals surface area contributed by atoms with Crippen LogP contribution in [0.2, 0.25) is 0 Å². The molecule has 0 saturated carbocycles. The molecule has 2 aromatic heterocycles. The van der Waals surface area contributed by atoms with E-state index >= 15 is 0 Å². The van der Waals surface area contributed by atoms with Crippen molar-refractivity contribution < 1.29 is 4.79 Å². The van der Waals surface area contributed by atoms with E-state index in [4.69, 9.17) is 0 Å². The maximum absolute atomic E-state index is 12.9. The second-order valence-electron chi connectivity index (χ2n) is 6.70. The van der Waals surface area contributed by atoms with E-state index in [1.165, 1.54) is 11.8 Å². The number of hydrogen-bond donors (Lipinski definition) is 2. The van der Waals surface area contributed by atoms with Crippen LogP contribution in [-0.4, -0.2) is 26.2 Å². The molecule has 6 nitrogen and oxygen atoms in total. The highest BCUT2D eigenvalue weighted by Crippen LogP contribution is 2.22. The third-order valence-electron chi connectivity index (χ3n) is 4.58. The summed E-state index contributed by atoms with van der Waals surface area (Å²) in [4.78, 5) is 33.0. The molecular weight excluding hydrogens is 440 g/mol. The second-order valence-corrected chi connectivity index (χ2v) is 8.49. The van der Waals surface area contributed by atoms with Gasteiger partial charge in [-0.1, -0.05) is 52.8 Å². The standard InChI is InChI=1S/C20H23BrN4O2S/c1-4-13(3)25-19(27)18-16(9-12(2)23-18)24-20(25)28-11-17(26)22-10-14-7-5-6-8-15(14)21/h5-9,13,23H,4,10-11H2,1-3H3,(H,22,26)/t13-/m0/s1. The molecule has 148 valence electrons. The smallest absolute Gasteiger partial charge is 0.278 e. The molecular formula is C20H23BrN4O2S. The predicted octanol–water partition coefficient (Wildman–Crippen LogP) is 4.18. The van der Waals surface area contributed by atoms with E-state index < -0.39 is 0 Å². The Balaban J connectivity index is 1.76. The number of halogens is 1. The first kappa shape index (κ1) is 20.7. The third-order valence-corrected chi connectivity index (χ3v) is 6.31. The second kappa shape index (κ2) is 8.96. The Kier molecular flexibility index (Phi) is 6.61. The summed E-state index contributed by atoms with van der Waals surface area (Å²) in [5.74, 6) is 0.0958. The molecule has 2 heterocycles. The molecule has 2 N–H and O–H groups in total. The van der Waals surface area contributed by atoms with E-state index in [0.717, 1.165) is 22.2 Å². The zero-order chi connectivity index (χ0) is 20.3. The van der Waals surface area contributed by atoms with Crippen molar-refractivity contribution in [3.05, 3.63) is 56.4 Å². The maximum Gasteiger partial charge on any atom is 0.278 e. The Bertz CT molecular complexity index is 1060. The first-order valence-corrected chi connectivity index (χ1v) is 10.9. The number of benzene rings is 1. The van der Waals surface area contributed by atoms with E-state index in [9.17, 15) is 9.59 Å². The van der Waals surface area contributed by atoms with Crippen molar-refractivity contribution >= 4 is 44.6 Å². The van der Waals surface area contributed by atoms with Gasteiger partial charge in [-0.3, -0.25) is 14.2 Å². The quantitative estimate of drug-likeness (QED) is 0.407. The molecule has 3 aromatic rings. The lowest BCUT2D eigenvalue weighted by molar-refractivity contribution is -0.118. The van der Waals surface area contributed by atoms with E-state index in [0.29, 0.717) is 22.7 Å². The first-order chi connectivity index (χ1) is 13.4. The van der Waals surface area contributed by atoms with Gasteiger partial charge < -0.3 is 10.3 Å². The van der Waals surface area contributed by atoms with Gasteiger partial charge in [-0.25, -0.2) is 4.98 Å². The molecule has 0 fully saturated rings. The molecule has 0 aliphatic rings. The number of nitrogens with zero attached hydrogens (tertiary/aromatic N) is 2. The molecule has 0 bridgehead atoms. The van der Waals surface area contributed by atoms with Crippen LogP contribution in [0.25, 0.3) is 11.0 Å². The number of fused-ring (bicyclic) bond motifs is 1. The Morgan fingerprint density at radius 3 is 2.86 bits per heavy atom. The fraction of sp³-hybridized carbons (Fsp3) is 0.350. The Labute approximate surface area is 176 Å². The van der Waals surface area contributed by atoms with Crippen LogP contribution in [0.15, 0.2) is 44.8 Å². The van der Waals surface area contributed by atoms with E-state index in [1.54, 1.807) is 4.57 Å². The molecule has 0 spiro atoms. The van der Waals surface area contributed by atoms with Gasteiger partial charge in [0.15, 0.2) is 5.16 Å². The molecule has 0 aliphatic heterocycles. The monoisotopic (exact) mass is 462 g/mol. The number of carbonyl (C=O) groups excluding carboxylic acids is 1. The molecule has 0 saturated heterocycles. The lowest BCUT2D eigenvalue weighted by atomic mass is 10.2. The molecule has 8 heteroatoms. The molecule has 1 amide bonds. The zero-order valence-electron chi connectivity index (χ0n) is 16.1. The van der Waals surface area contributed by atoms with Crippen LogP contribution >= 0.6 is 27.7 Å². The number of aryl methyl sites for hydroxylation is 1. The van der Waals surface area contributed by atoms with Crippen LogP contribution in [0.5, 0.6) is 0 Å². The van der Waals surface area contributed by atoms with Crippen LogP contribution in [0, 0.1) is 6.92 Å². The number of thioether (sulfide) groups is 1. The summed E-state index contributed by atoms with van der Waals surface area (Å²) < 4.78 is 2.65. The number of aromatic nitrogens is 3. The fourth-order valence-corrected chi connectivity index (χ4v) is 4.23. The van der Waals surface area contributed by atoms with Crippen molar-refractivity contribution in [3.63, 3.8) is 0 Å². The Morgan fingerprint density at radius 2 is 2.14 bits per heavy atom. The van der Waals surface area contributed by atoms with E-state index in [1.807, 2.05) is 51.1 Å². The lowest BCUT2D eigenvalue weighted by Crippen LogP contribution is -2.28. The highest BCUT2D eigenvalue weighted by atomic mass is 79.9. The van der Waals surface area contributed by atoms with Gasteiger partial charge in [0.1, 0.15) is 5.52 Å². The minimum absolute atomic E-state index is 0.00107. The van der Waals surface area contributed by atoms with E-state index in [-0.39, 0.29) is 23.3 Å². The molecule has 28 heavy (non-hydrogen) atoms. The summed E-state index contributed by atoms with van der Waals surface area (Å²) in [6.45, 7) is 6.36. The predicted molar refractivity (Wildman–Crippen MR) is 117 cm³/mol. The van der Waals surface area contributed by atoms with Gasteiger partial charge in [0.25, 0.3) is 5.56 Å². The van der Waals surface area contributed by atoms with Crippen LogP contribution in [0.1, 0.15) is 37.6 Å². The summed E-state index contributed by atoms with van der Waals surface area (Å²) in [5.41, 5.74) is 2.96. The summed E-state index contributed by atoms with van der Waals surface area (Å²) in [7, 11) is 0. The number of hydrogen-bond acceptors (Lipinski definition) is 4. The van der Waals surface area contributed by atoms with Gasteiger partial charge in [-0.15, -0.1) is 0 Å². The topological polar surface area (TPSA) is 79.8 Å². The van der Waals surface area contributed by atoms with Gasteiger partial charge in [-0.2, -0.15) is 0 Å². The van der Waals surface area contributed by atoms with Crippen LogP contribution in [-0.2, 0) is 11.3 Å². The zero-order valence-corrected chi connectivity index (χ0v) is 18.5. The van der Waals surface area contributed by atoms with E-state index in [2.05, 4.69) is 31.2 Å². The van der Waals surface area contributed by atoms with Crippen LogP contribution in [0.4, 0.5) is 0 Å². The molecule has 0 aliphatic carbocycles. The summed E-state index contributed by atoms with van der Waals surface area (Å²) in [6.07, 6.45) is 0.800. The van der Waals surface area contributed by atoms with Gasteiger partial charge in [-0.05, 0) is 38.0 Å². The SMILES string of the molecule is CC[C@H](C)n1c(SCC(=O)NCc2ccccc2Br)nc2cc(C)[nH]c2c1=O. The lowest BCUT2D eigenvalue weighted by Gasteiger charge is -2.17. The first-order valence-electron chi connectivity index (χ1n) is 9.15. The van der Waals surface area contributed by atoms with Crippen molar-refractivity contribution in [2.24, 2.45) is 0 Å². The molecule has 0 unspecified atom stereocenters. The maximum atomic E-state index is 12.9. The van der Waals surface area contributed by atoms with Crippen molar-refractivity contribution in [3.8, 4) is 0 Å². The number of carbonyl (C=O) groups is 1. The summed E-state index contributed by atoms with van der Waals surface area (Å²) in [6, 6.07) is 9.63. The van der Waals surface area contributed by atoms with Crippen LogP contribution < -0.4 is 10.9 Å². The fourth-order valence-electron chi connectivity index (χ4n) is 2.88. The van der Waals surface area contributed by atoms with Crippen molar-refractivity contribution in [1.82, 2.24) is 19.9 Å². The number of amides is 1. The van der Waals surface area contributed by atoms with Crippen molar-refractivity contribution in [2.75, 3.05) is 5.75 Å². The third kappa shape index (κ3) is 4.50. The number of nitrogens with one attached hydrogen (secondary N) is 2. The average molecular weight is 463 g/mol. The largest absolute Gasteiger partial charge is 0.353 e. The molecule has 1 aromatic carbocycles. The normalized spacial score (nSPS) is 12.3. The molecule has 0 radical (unpaired) electrons. The summed E-state index contributed by atoms with van der Waals surface area (Å²) in [5, 5.41) is 3.49. The summed E-state index contributed by atoms with van der Waals surface area (Å²) >= 11 is 4.77.